The Morgan fingerprint density at radius 2 is 2.12 bits per heavy atom. The highest BCUT2D eigenvalue weighted by Gasteiger charge is 2.35. The van der Waals surface area contributed by atoms with Crippen LogP contribution in [0.2, 0.25) is 5.02 Å². The zero-order valence-electron chi connectivity index (χ0n) is 8.24. The summed E-state index contributed by atoms with van der Waals surface area (Å²) in [5.74, 6) is -1.15. The average Bonchev–Trinajstić information content (AvgIpc) is 2.50. The lowest BCUT2D eigenvalue weighted by Gasteiger charge is -2.13. The minimum atomic E-state index is -0.590. The smallest absolute Gasteiger partial charge is 0.299 e. The van der Waals surface area contributed by atoms with Gasteiger partial charge in [-0.3, -0.25) is 9.59 Å². The fourth-order valence-corrected chi connectivity index (χ4v) is 1.83. The van der Waals surface area contributed by atoms with Crippen molar-refractivity contribution < 1.29 is 9.59 Å². The lowest BCUT2D eigenvalue weighted by atomic mass is 10.1. The maximum absolute atomic E-state index is 11.6. The topological polar surface area (TPSA) is 61.2 Å². The average molecular weight is 235 g/mol. The van der Waals surface area contributed by atoms with Gasteiger partial charge in [-0.2, -0.15) is 5.26 Å². The molecule has 1 heterocycles. The van der Waals surface area contributed by atoms with Crippen LogP contribution in [0.25, 0.3) is 0 Å². The van der Waals surface area contributed by atoms with Crippen molar-refractivity contribution in [3.05, 3.63) is 28.8 Å². The summed E-state index contributed by atoms with van der Waals surface area (Å²) in [7, 11) is 0. The number of carbonyl (C=O) groups excluding carboxylic acids is 2. The van der Waals surface area contributed by atoms with E-state index in [9.17, 15) is 9.59 Å². The van der Waals surface area contributed by atoms with Crippen LogP contribution < -0.4 is 4.90 Å². The molecule has 0 unspecified atom stereocenters. The summed E-state index contributed by atoms with van der Waals surface area (Å²) in [5, 5.41) is 8.90. The minimum Gasteiger partial charge on any atom is -0.304 e. The summed E-state index contributed by atoms with van der Waals surface area (Å²) in [6, 6.07) is 6.66. The number of ketones is 1. The molecule has 1 amide bonds. The molecule has 1 aliphatic heterocycles. The predicted molar refractivity (Wildman–Crippen MR) is 58.4 cm³/mol. The van der Waals surface area contributed by atoms with Crippen LogP contribution in [-0.4, -0.2) is 18.2 Å². The van der Waals surface area contributed by atoms with Crippen molar-refractivity contribution >= 4 is 29.0 Å². The van der Waals surface area contributed by atoms with Gasteiger partial charge in [0.15, 0.2) is 0 Å². The normalized spacial score (nSPS) is 13.9. The van der Waals surface area contributed by atoms with E-state index >= 15 is 0 Å². The van der Waals surface area contributed by atoms with E-state index in [1.807, 2.05) is 6.07 Å². The lowest BCUT2D eigenvalue weighted by molar-refractivity contribution is -0.114. The van der Waals surface area contributed by atoms with Gasteiger partial charge < -0.3 is 4.90 Å². The first kappa shape index (κ1) is 10.7. The first-order valence-corrected chi connectivity index (χ1v) is 5.05. The summed E-state index contributed by atoms with van der Waals surface area (Å²) >= 11 is 5.75. The number of hydrogen-bond acceptors (Lipinski definition) is 3. The van der Waals surface area contributed by atoms with Crippen molar-refractivity contribution in [2.24, 2.45) is 0 Å². The highest BCUT2D eigenvalue weighted by atomic mass is 35.5. The minimum absolute atomic E-state index is 0.196. The molecule has 0 fully saturated rings. The Morgan fingerprint density at radius 1 is 1.38 bits per heavy atom. The van der Waals surface area contributed by atoms with E-state index < -0.39 is 11.7 Å². The van der Waals surface area contributed by atoms with Gasteiger partial charge in [0, 0.05) is 11.6 Å². The van der Waals surface area contributed by atoms with Crippen LogP contribution in [0.4, 0.5) is 5.69 Å². The summed E-state index contributed by atoms with van der Waals surface area (Å²) < 4.78 is 0. The quantitative estimate of drug-likeness (QED) is 0.733. The largest absolute Gasteiger partial charge is 0.304 e. The summed E-state index contributed by atoms with van der Waals surface area (Å²) in [5.41, 5.74) is 0.852. The number of anilines is 1. The van der Waals surface area contributed by atoms with Crippen LogP contribution in [0.5, 0.6) is 0 Å². The zero-order chi connectivity index (χ0) is 11.7. The van der Waals surface area contributed by atoms with Gasteiger partial charge in [0.1, 0.15) is 0 Å². The van der Waals surface area contributed by atoms with Crippen molar-refractivity contribution in [2.75, 3.05) is 11.4 Å². The Kier molecular flexibility index (Phi) is 2.63. The van der Waals surface area contributed by atoms with E-state index in [2.05, 4.69) is 0 Å². The first-order chi connectivity index (χ1) is 7.65. The van der Waals surface area contributed by atoms with Gasteiger partial charge in [0.25, 0.3) is 11.7 Å². The molecule has 0 radical (unpaired) electrons. The molecule has 0 spiro atoms. The first-order valence-electron chi connectivity index (χ1n) is 4.68. The molecule has 0 saturated heterocycles. The van der Waals surface area contributed by atoms with E-state index in [0.717, 1.165) is 0 Å². The maximum Gasteiger partial charge on any atom is 0.299 e. The Balaban J connectivity index is 2.43. The second-order valence-electron chi connectivity index (χ2n) is 3.36. The van der Waals surface area contributed by atoms with Crippen molar-refractivity contribution in [3.8, 4) is 6.07 Å². The number of rotatable bonds is 2. The van der Waals surface area contributed by atoms with Crippen molar-refractivity contribution in [1.29, 1.82) is 5.26 Å². The van der Waals surface area contributed by atoms with Crippen LogP contribution in [0, 0.1) is 11.3 Å². The van der Waals surface area contributed by atoms with Gasteiger partial charge >= 0.3 is 0 Å². The van der Waals surface area contributed by atoms with Crippen LogP contribution >= 0.6 is 11.6 Å². The lowest BCUT2D eigenvalue weighted by Crippen LogP contribution is -2.30. The molecule has 0 atom stereocenters. The number of fused-ring (bicyclic) bond motifs is 1. The fourth-order valence-electron chi connectivity index (χ4n) is 1.66. The second-order valence-corrected chi connectivity index (χ2v) is 3.79. The molecule has 1 aliphatic rings. The van der Waals surface area contributed by atoms with Gasteiger partial charge in [-0.1, -0.05) is 11.6 Å². The van der Waals surface area contributed by atoms with E-state index in [-0.39, 0.29) is 13.0 Å². The number of carbonyl (C=O) groups is 2. The molecule has 4 nitrogen and oxygen atoms in total. The molecule has 1 aromatic carbocycles. The van der Waals surface area contributed by atoms with Gasteiger partial charge in [0.2, 0.25) is 0 Å². The van der Waals surface area contributed by atoms with Gasteiger partial charge in [-0.15, -0.1) is 0 Å². The van der Waals surface area contributed by atoms with E-state index in [4.69, 9.17) is 16.9 Å². The molecule has 0 aromatic heterocycles. The Labute approximate surface area is 97.0 Å². The van der Waals surface area contributed by atoms with Crippen LogP contribution in [0.3, 0.4) is 0 Å². The third-order valence-corrected chi connectivity index (χ3v) is 2.62. The van der Waals surface area contributed by atoms with Gasteiger partial charge in [0.05, 0.1) is 23.7 Å². The molecule has 1 aromatic rings. The Bertz CT molecular complexity index is 519. The molecular formula is C11H7ClN2O2. The number of benzene rings is 1. The number of hydrogen-bond donors (Lipinski definition) is 0. The third-order valence-electron chi connectivity index (χ3n) is 2.38. The summed E-state index contributed by atoms with van der Waals surface area (Å²) in [6.45, 7) is 0.232. The van der Waals surface area contributed by atoms with Crippen LogP contribution in [-0.2, 0) is 4.79 Å². The van der Waals surface area contributed by atoms with E-state index in [0.29, 0.717) is 16.3 Å². The molecular weight excluding hydrogens is 228 g/mol. The molecule has 2 rings (SSSR count). The number of nitrogens with zero attached hydrogens (tertiary/aromatic N) is 2. The summed E-state index contributed by atoms with van der Waals surface area (Å²) in [6.07, 6.45) is 0.196. The zero-order valence-corrected chi connectivity index (χ0v) is 8.99. The van der Waals surface area contributed by atoms with Gasteiger partial charge in [-0.05, 0) is 18.2 Å². The maximum atomic E-state index is 11.6. The van der Waals surface area contributed by atoms with Crippen molar-refractivity contribution in [2.45, 2.75) is 6.42 Å². The monoisotopic (exact) mass is 234 g/mol. The number of amides is 1. The highest BCUT2D eigenvalue weighted by Crippen LogP contribution is 2.31. The number of nitriles is 1. The van der Waals surface area contributed by atoms with Crippen molar-refractivity contribution in [3.63, 3.8) is 0 Å². The third kappa shape index (κ3) is 1.55. The molecule has 0 saturated carbocycles. The molecule has 0 N–H and O–H groups in total. The SMILES string of the molecule is N#CCCN1C(=O)C(=O)c2cc(Cl)ccc21. The number of halogens is 1. The van der Waals surface area contributed by atoms with E-state index in [1.165, 1.54) is 11.0 Å². The fraction of sp³-hybridized carbons (Fsp3) is 0.182. The summed E-state index contributed by atoms with van der Waals surface area (Å²) in [4.78, 5) is 24.5. The molecule has 0 aliphatic carbocycles. The molecule has 5 heteroatoms. The molecule has 16 heavy (non-hydrogen) atoms. The highest BCUT2D eigenvalue weighted by molar-refractivity contribution is 6.52. The molecule has 0 bridgehead atoms. The Hall–Kier alpha value is -1.86. The van der Waals surface area contributed by atoms with Crippen LogP contribution in [0.1, 0.15) is 16.8 Å². The van der Waals surface area contributed by atoms with E-state index in [1.54, 1.807) is 12.1 Å². The van der Waals surface area contributed by atoms with Crippen molar-refractivity contribution in [1.82, 2.24) is 0 Å². The van der Waals surface area contributed by atoms with Crippen LogP contribution in [0.15, 0.2) is 18.2 Å². The standard InChI is InChI=1S/C11H7ClN2O2/c12-7-2-3-9-8(6-7)10(15)11(16)14(9)5-1-4-13/h2-3,6H,1,5H2. The number of Topliss-reactive ketones (excluding diaryl/α,β-unsaturated/α-hetero) is 1. The molecule has 80 valence electrons. The Morgan fingerprint density at radius 3 is 2.81 bits per heavy atom. The van der Waals surface area contributed by atoms with Gasteiger partial charge in [-0.25, -0.2) is 0 Å². The predicted octanol–water partition coefficient (Wildman–Crippen LogP) is 1.78. The second kappa shape index (κ2) is 3.95.